The Hall–Kier alpha value is -2.32. The fourth-order valence-electron chi connectivity index (χ4n) is 2.08. The van der Waals surface area contributed by atoms with Crippen molar-refractivity contribution >= 4 is 11.6 Å². The fourth-order valence-corrected chi connectivity index (χ4v) is 2.08. The van der Waals surface area contributed by atoms with Crippen LogP contribution >= 0.6 is 0 Å². The number of phenolic OH excluding ortho intramolecular Hbond substituents is 1. The lowest BCUT2D eigenvalue weighted by molar-refractivity contribution is -0.386. The van der Waals surface area contributed by atoms with E-state index in [0.29, 0.717) is 10.5 Å². The molecule has 0 saturated heterocycles. The number of nitro groups is 1. The van der Waals surface area contributed by atoms with Gasteiger partial charge in [-0.1, -0.05) is 0 Å². The molecule has 6 nitrogen and oxygen atoms in total. The summed E-state index contributed by atoms with van der Waals surface area (Å²) in [4.78, 5) is 21.6. The number of rotatable bonds is 1. The molecule has 1 N–H and O–H groups in total. The molecular formula is C11H9F3N2O4. The molecule has 0 bridgehead atoms. The number of carbonyl (C=O) groups excluding carboxylic acids is 1. The molecule has 0 saturated carbocycles. The van der Waals surface area contributed by atoms with Gasteiger partial charge in [-0.3, -0.25) is 14.9 Å². The Labute approximate surface area is 110 Å². The summed E-state index contributed by atoms with van der Waals surface area (Å²) in [6, 6.07) is 2.16. The van der Waals surface area contributed by atoms with E-state index in [1.54, 1.807) is 0 Å². The van der Waals surface area contributed by atoms with E-state index in [1.165, 1.54) is 0 Å². The van der Waals surface area contributed by atoms with Crippen LogP contribution in [0.25, 0.3) is 0 Å². The van der Waals surface area contributed by atoms with Crippen molar-refractivity contribution in [2.45, 2.75) is 19.1 Å². The first-order valence-electron chi connectivity index (χ1n) is 5.55. The molecule has 9 heteroatoms. The van der Waals surface area contributed by atoms with Crippen LogP contribution in [-0.4, -0.2) is 33.6 Å². The molecule has 20 heavy (non-hydrogen) atoms. The van der Waals surface area contributed by atoms with Crippen LogP contribution in [0.5, 0.6) is 5.75 Å². The molecule has 1 aliphatic heterocycles. The summed E-state index contributed by atoms with van der Waals surface area (Å²) < 4.78 is 37.0. The summed E-state index contributed by atoms with van der Waals surface area (Å²) in [5.41, 5.74) is 0.141. The van der Waals surface area contributed by atoms with E-state index in [-0.39, 0.29) is 25.1 Å². The number of phenols is 1. The normalized spacial score (nSPS) is 14.8. The summed E-state index contributed by atoms with van der Waals surface area (Å²) >= 11 is 0. The monoisotopic (exact) mass is 290 g/mol. The van der Waals surface area contributed by atoms with Crippen molar-refractivity contribution in [2.75, 3.05) is 6.54 Å². The van der Waals surface area contributed by atoms with Gasteiger partial charge in [-0.2, -0.15) is 13.2 Å². The van der Waals surface area contributed by atoms with E-state index >= 15 is 0 Å². The van der Waals surface area contributed by atoms with Crippen LogP contribution in [0, 0.1) is 10.1 Å². The van der Waals surface area contributed by atoms with Crippen molar-refractivity contribution in [2.24, 2.45) is 0 Å². The van der Waals surface area contributed by atoms with Crippen molar-refractivity contribution in [3.05, 3.63) is 33.4 Å². The molecular weight excluding hydrogens is 281 g/mol. The number of benzene rings is 1. The van der Waals surface area contributed by atoms with E-state index in [4.69, 9.17) is 0 Å². The smallest absolute Gasteiger partial charge is 0.471 e. The quantitative estimate of drug-likeness (QED) is 0.631. The largest absolute Gasteiger partial charge is 0.502 e. The Morgan fingerprint density at radius 2 is 2.00 bits per heavy atom. The third-order valence-corrected chi connectivity index (χ3v) is 3.04. The van der Waals surface area contributed by atoms with Crippen LogP contribution < -0.4 is 0 Å². The molecule has 1 aromatic carbocycles. The van der Waals surface area contributed by atoms with Crippen molar-refractivity contribution in [3.63, 3.8) is 0 Å². The predicted molar refractivity (Wildman–Crippen MR) is 59.9 cm³/mol. The van der Waals surface area contributed by atoms with Crippen LogP contribution in [0.15, 0.2) is 12.1 Å². The molecule has 0 aromatic heterocycles. The first-order valence-corrected chi connectivity index (χ1v) is 5.55. The second-order valence-corrected chi connectivity index (χ2v) is 4.34. The van der Waals surface area contributed by atoms with Crippen LogP contribution in [0.1, 0.15) is 11.1 Å². The molecule has 0 radical (unpaired) electrons. The van der Waals surface area contributed by atoms with Gasteiger partial charge >= 0.3 is 17.8 Å². The number of hydrogen-bond donors (Lipinski definition) is 1. The van der Waals surface area contributed by atoms with Gasteiger partial charge in [-0.05, 0) is 23.6 Å². The number of nitro benzene ring substituents is 1. The zero-order chi connectivity index (χ0) is 15.1. The highest BCUT2D eigenvalue weighted by atomic mass is 19.4. The number of halogens is 3. The summed E-state index contributed by atoms with van der Waals surface area (Å²) in [5.74, 6) is -2.51. The summed E-state index contributed by atoms with van der Waals surface area (Å²) in [5, 5.41) is 20.1. The minimum absolute atomic E-state index is 0.0999. The second-order valence-electron chi connectivity index (χ2n) is 4.34. The maximum absolute atomic E-state index is 12.3. The molecule has 108 valence electrons. The number of hydrogen-bond acceptors (Lipinski definition) is 4. The first-order chi connectivity index (χ1) is 9.20. The van der Waals surface area contributed by atoms with Gasteiger partial charge < -0.3 is 10.0 Å². The maximum Gasteiger partial charge on any atom is 0.471 e. The number of carbonyl (C=O) groups is 1. The molecule has 1 aliphatic rings. The van der Waals surface area contributed by atoms with Gasteiger partial charge in [0.05, 0.1) is 4.92 Å². The standard InChI is InChI=1S/C11H9F3N2O4/c12-11(13,14)10(18)15-2-1-6-4-9(17)8(16(19)20)3-7(6)5-15/h3-4,17H,1-2,5H2. The third-order valence-electron chi connectivity index (χ3n) is 3.04. The Kier molecular flexibility index (Phi) is 3.28. The lowest BCUT2D eigenvalue weighted by Gasteiger charge is -2.29. The zero-order valence-corrected chi connectivity index (χ0v) is 9.98. The Balaban J connectivity index is 2.32. The molecule has 0 spiro atoms. The highest BCUT2D eigenvalue weighted by Gasteiger charge is 2.43. The zero-order valence-electron chi connectivity index (χ0n) is 9.98. The number of nitrogens with zero attached hydrogens (tertiary/aromatic N) is 2. The lowest BCUT2D eigenvalue weighted by atomic mass is 9.98. The average molecular weight is 290 g/mol. The van der Waals surface area contributed by atoms with Gasteiger partial charge in [0.2, 0.25) is 0 Å². The van der Waals surface area contributed by atoms with Gasteiger partial charge in [0.15, 0.2) is 5.75 Å². The number of fused-ring (bicyclic) bond motifs is 1. The van der Waals surface area contributed by atoms with Gasteiger partial charge in [-0.15, -0.1) is 0 Å². The minimum Gasteiger partial charge on any atom is -0.502 e. The molecule has 0 atom stereocenters. The van der Waals surface area contributed by atoms with E-state index in [2.05, 4.69) is 0 Å². The molecule has 0 aliphatic carbocycles. The van der Waals surface area contributed by atoms with Gasteiger partial charge in [-0.25, -0.2) is 0 Å². The summed E-state index contributed by atoms with van der Waals surface area (Å²) in [6.45, 7) is -0.516. The van der Waals surface area contributed by atoms with Gasteiger partial charge in [0.25, 0.3) is 0 Å². The van der Waals surface area contributed by atoms with E-state index < -0.39 is 28.4 Å². The minimum atomic E-state index is -4.97. The summed E-state index contributed by atoms with van der Waals surface area (Å²) in [6.07, 6.45) is -4.87. The highest BCUT2D eigenvalue weighted by Crippen LogP contribution is 2.33. The number of alkyl halides is 3. The SMILES string of the molecule is O=C(N1CCc2cc(O)c([N+](=O)[O-])cc2C1)C(F)(F)F. The van der Waals surface area contributed by atoms with Crippen LogP contribution in [0.3, 0.4) is 0 Å². The van der Waals surface area contributed by atoms with Crippen molar-refractivity contribution in [1.29, 1.82) is 0 Å². The van der Waals surface area contributed by atoms with Crippen molar-refractivity contribution in [3.8, 4) is 5.75 Å². The Morgan fingerprint density at radius 1 is 1.35 bits per heavy atom. The topological polar surface area (TPSA) is 83.7 Å². The predicted octanol–water partition coefficient (Wildman–Crippen LogP) is 1.75. The second kappa shape index (κ2) is 4.66. The first kappa shape index (κ1) is 14.1. The molecule has 2 rings (SSSR count). The van der Waals surface area contributed by atoms with Crippen LogP contribution in [0.4, 0.5) is 18.9 Å². The van der Waals surface area contributed by atoms with Crippen molar-refractivity contribution < 1.29 is 28.0 Å². The van der Waals surface area contributed by atoms with Gasteiger partial charge in [0.1, 0.15) is 0 Å². The molecule has 1 amide bonds. The summed E-state index contributed by atoms with van der Waals surface area (Å²) in [7, 11) is 0. The van der Waals surface area contributed by atoms with E-state index in [0.717, 1.165) is 12.1 Å². The molecule has 1 heterocycles. The van der Waals surface area contributed by atoms with E-state index in [9.17, 15) is 33.2 Å². The Morgan fingerprint density at radius 3 is 2.55 bits per heavy atom. The Bertz CT molecular complexity index is 586. The number of aromatic hydroxyl groups is 1. The van der Waals surface area contributed by atoms with Gasteiger partial charge in [0, 0.05) is 19.2 Å². The highest BCUT2D eigenvalue weighted by molar-refractivity contribution is 5.82. The number of amides is 1. The molecule has 0 fully saturated rings. The molecule has 1 aromatic rings. The van der Waals surface area contributed by atoms with Crippen LogP contribution in [-0.2, 0) is 17.8 Å². The van der Waals surface area contributed by atoms with E-state index in [1.807, 2.05) is 0 Å². The fraction of sp³-hybridized carbons (Fsp3) is 0.364. The molecule has 0 unspecified atom stereocenters. The van der Waals surface area contributed by atoms with Crippen LogP contribution in [0.2, 0.25) is 0 Å². The maximum atomic E-state index is 12.3. The third kappa shape index (κ3) is 2.51. The van der Waals surface area contributed by atoms with Crippen molar-refractivity contribution in [1.82, 2.24) is 4.90 Å². The lowest BCUT2D eigenvalue weighted by Crippen LogP contribution is -2.43. The average Bonchev–Trinajstić information content (AvgIpc) is 2.35.